The zero-order valence-electron chi connectivity index (χ0n) is 12.3. The SMILES string of the molecule is Cc1ccccc1CNCCc1cccc2cccnc12. The molecule has 1 aromatic heterocycles. The summed E-state index contributed by atoms with van der Waals surface area (Å²) in [5.41, 5.74) is 5.15. The molecule has 0 saturated carbocycles. The summed E-state index contributed by atoms with van der Waals surface area (Å²) in [4.78, 5) is 4.50. The smallest absolute Gasteiger partial charge is 0.0734 e. The first kappa shape index (κ1) is 13.8. The number of para-hydroxylation sites is 1. The van der Waals surface area contributed by atoms with Crippen LogP contribution in [0, 0.1) is 6.92 Å². The number of nitrogens with one attached hydrogen (secondary N) is 1. The zero-order valence-corrected chi connectivity index (χ0v) is 12.3. The van der Waals surface area contributed by atoms with E-state index in [4.69, 9.17) is 0 Å². The van der Waals surface area contributed by atoms with Crippen LogP contribution in [-0.4, -0.2) is 11.5 Å². The van der Waals surface area contributed by atoms with E-state index >= 15 is 0 Å². The highest BCUT2D eigenvalue weighted by molar-refractivity contribution is 5.81. The van der Waals surface area contributed by atoms with Gasteiger partial charge < -0.3 is 5.32 Å². The molecule has 3 rings (SSSR count). The third-order valence-corrected chi connectivity index (χ3v) is 3.86. The van der Waals surface area contributed by atoms with Gasteiger partial charge in [-0.3, -0.25) is 4.98 Å². The Morgan fingerprint density at radius 2 is 1.71 bits per heavy atom. The summed E-state index contributed by atoms with van der Waals surface area (Å²) in [5.74, 6) is 0. The molecule has 21 heavy (non-hydrogen) atoms. The number of hydrogen-bond donors (Lipinski definition) is 1. The van der Waals surface area contributed by atoms with E-state index in [0.717, 1.165) is 25.0 Å². The molecule has 106 valence electrons. The van der Waals surface area contributed by atoms with E-state index in [0.29, 0.717) is 0 Å². The van der Waals surface area contributed by atoms with Crippen LogP contribution in [0.25, 0.3) is 10.9 Å². The van der Waals surface area contributed by atoms with Crippen LogP contribution in [0.15, 0.2) is 60.8 Å². The molecular formula is C19H20N2. The van der Waals surface area contributed by atoms with E-state index in [1.54, 1.807) is 0 Å². The second-order valence-corrected chi connectivity index (χ2v) is 5.35. The first-order valence-electron chi connectivity index (χ1n) is 7.42. The number of hydrogen-bond acceptors (Lipinski definition) is 2. The van der Waals surface area contributed by atoms with Crippen molar-refractivity contribution in [3.8, 4) is 0 Å². The molecule has 3 aromatic rings. The summed E-state index contributed by atoms with van der Waals surface area (Å²) in [5, 5.41) is 4.74. The Bertz CT molecular complexity index is 729. The van der Waals surface area contributed by atoms with Crippen LogP contribution in [0.5, 0.6) is 0 Å². The quantitative estimate of drug-likeness (QED) is 0.715. The molecule has 0 bridgehead atoms. The van der Waals surface area contributed by atoms with E-state index in [-0.39, 0.29) is 0 Å². The van der Waals surface area contributed by atoms with Crippen molar-refractivity contribution in [1.29, 1.82) is 0 Å². The van der Waals surface area contributed by atoms with Crippen LogP contribution in [0.3, 0.4) is 0 Å². The Hall–Kier alpha value is -2.19. The predicted molar refractivity (Wildman–Crippen MR) is 88.3 cm³/mol. The number of nitrogens with zero attached hydrogens (tertiary/aromatic N) is 1. The van der Waals surface area contributed by atoms with Crippen molar-refractivity contribution in [1.82, 2.24) is 10.3 Å². The number of pyridine rings is 1. The largest absolute Gasteiger partial charge is 0.312 e. The third-order valence-electron chi connectivity index (χ3n) is 3.86. The van der Waals surface area contributed by atoms with E-state index in [2.05, 4.69) is 65.8 Å². The lowest BCUT2D eigenvalue weighted by molar-refractivity contribution is 0.686. The minimum absolute atomic E-state index is 0.921. The molecule has 2 heteroatoms. The molecule has 2 aromatic carbocycles. The molecule has 0 radical (unpaired) electrons. The fourth-order valence-corrected chi connectivity index (χ4v) is 2.62. The van der Waals surface area contributed by atoms with Gasteiger partial charge >= 0.3 is 0 Å². The minimum Gasteiger partial charge on any atom is -0.312 e. The second-order valence-electron chi connectivity index (χ2n) is 5.35. The highest BCUT2D eigenvalue weighted by Crippen LogP contribution is 2.16. The van der Waals surface area contributed by atoms with Gasteiger partial charge in [-0.25, -0.2) is 0 Å². The van der Waals surface area contributed by atoms with Crippen molar-refractivity contribution in [3.05, 3.63) is 77.5 Å². The van der Waals surface area contributed by atoms with E-state index in [1.165, 1.54) is 22.1 Å². The van der Waals surface area contributed by atoms with E-state index < -0.39 is 0 Å². The molecule has 0 aliphatic rings. The van der Waals surface area contributed by atoms with Crippen molar-refractivity contribution < 1.29 is 0 Å². The predicted octanol–water partition coefficient (Wildman–Crippen LogP) is 3.88. The van der Waals surface area contributed by atoms with Crippen LogP contribution >= 0.6 is 0 Å². The summed E-state index contributed by atoms with van der Waals surface area (Å²) < 4.78 is 0. The first-order chi connectivity index (χ1) is 10.3. The van der Waals surface area contributed by atoms with Gasteiger partial charge in [-0.05, 0) is 42.6 Å². The summed E-state index contributed by atoms with van der Waals surface area (Å²) in [6.07, 6.45) is 2.87. The maximum atomic E-state index is 4.50. The highest BCUT2D eigenvalue weighted by atomic mass is 14.8. The number of rotatable bonds is 5. The Morgan fingerprint density at radius 3 is 2.62 bits per heavy atom. The molecule has 0 saturated heterocycles. The monoisotopic (exact) mass is 276 g/mol. The standard InChI is InChI=1S/C19H20N2/c1-15-6-2-3-7-18(15)14-20-13-11-17-9-4-8-16-10-5-12-21-19(16)17/h2-10,12,20H,11,13-14H2,1H3. The fourth-order valence-electron chi connectivity index (χ4n) is 2.62. The van der Waals surface area contributed by atoms with Crippen molar-refractivity contribution in [2.75, 3.05) is 6.54 Å². The molecule has 0 unspecified atom stereocenters. The van der Waals surface area contributed by atoms with Crippen molar-refractivity contribution >= 4 is 10.9 Å². The van der Waals surface area contributed by atoms with Crippen molar-refractivity contribution in [2.45, 2.75) is 19.9 Å². The summed E-state index contributed by atoms with van der Waals surface area (Å²) >= 11 is 0. The van der Waals surface area contributed by atoms with Gasteiger partial charge in [0.1, 0.15) is 0 Å². The number of aryl methyl sites for hydroxylation is 1. The molecule has 0 aliphatic heterocycles. The third kappa shape index (κ3) is 3.29. The fraction of sp³-hybridized carbons (Fsp3) is 0.211. The molecule has 1 N–H and O–H groups in total. The highest BCUT2D eigenvalue weighted by Gasteiger charge is 2.02. The van der Waals surface area contributed by atoms with Gasteiger partial charge in [0.15, 0.2) is 0 Å². The van der Waals surface area contributed by atoms with Gasteiger partial charge in [-0.15, -0.1) is 0 Å². The Kier molecular flexibility index (Phi) is 4.27. The molecule has 0 atom stereocenters. The van der Waals surface area contributed by atoms with Crippen LogP contribution in [0.1, 0.15) is 16.7 Å². The lowest BCUT2D eigenvalue weighted by Gasteiger charge is -2.09. The van der Waals surface area contributed by atoms with Gasteiger partial charge in [0.05, 0.1) is 5.52 Å². The van der Waals surface area contributed by atoms with Gasteiger partial charge in [0.2, 0.25) is 0 Å². The number of fused-ring (bicyclic) bond motifs is 1. The molecule has 0 spiro atoms. The van der Waals surface area contributed by atoms with Crippen LogP contribution in [0.2, 0.25) is 0 Å². The average molecular weight is 276 g/mol. The summed E-state index contributed by atoms with van der Waals surface area (Å²) in [6.45, 7) is 4.04. The maximum absolute atomic E-state index is 4.50. The van der Waals surface area contributed by atoms with Crippen LogP contribution in [0.4, 0.5) is 0 Å². The summed E-state index contributed by atoms with van der Waals surface area (Å²) in [6, 6.07) is 19.0. The lowest BCUT2D eigenvalue weighted by atomic mass is 10.1. The normalized spacial score (nSPS) is 10.9. The van der Waals surface area contributed by atoms with Gasteiger partial charge in [0, 0.05) is 18.1 Å². The van der Waals surface area contributed by atoms with Crippen molar-refractivity contribution in [2.24, 2.45) is 0 Å². The Labute approximate surface area is 125 Å². The Morgan fingerprint density at radius 1 is 0.905 bits per heavy atom. The van der Waals surface area contributed by atoms with Crippen LogP contribution < -0.4 is 5.32 Å². The van der Waals surface area contributed by atoms with Gasteiger partial charge in [-0.2, -0.15) is 0 Å². The second kappa shape index (κ2) is 6.51. The van der Waals surface area contributed by atoms with Gasteiger partial charge in [-0.1, -0.05) is 48.5 Å². The minimum atomic E-state index is 0.921. The molecule has 0 aliphatic carbocycles. The maximum Gasteiger partial charge on any atom is 0.0734 e. The molecule has 0 amide bonds. The average Bonchev–Trinajstić information content (AvgIpc) is 2.53. The molecule has 1 heterocycles. The van der Waals surface area contributed by atoms with E-state index in [1.807, 2.05) is 12.3 Å². The molecule has 2 nitrogen and oxygen atoms in total. The number of aromatic nitrogens is 1. The van der Waals surface area contributed by atoms with Crippen molar-refractivity contribution in [3.63, 3.8) is 0 Å². The Balaban J connectivity index is 1.61. The topological polar surface area (TPSA) is 24.9 Å². The molecular weight excluding hydrogens is 256 g/mol. The van der Waals surface area contributed by atoms with Gasteiger partial charge in [0.25, 0.3) is 0 Å². The van der Waals surface area contributed by atoms with Crippen LogP contribution in [-0.2, 0) is 13.0 Å². The zero-order chi connectivity index (χ0) is 14.5. The molecule has 0 fully saturated rings. The first-order valence-corrected chi connectivity index (χ1v) is 7.42. The van der Waals surface area contributed by atoms with E-state index in [9.17, 15) is 0 Å². The lowest BCUT2D eigenvalue weighted by Crippen LogP contribution is -2.17. The number of benzene rings is 2. The summed E-state index contributed by atoms with van der Waals surface area (Å²) in [7, 11) is 0.